The number of esters is 1. The standard InChI is InChI=1S/C8H8O3.C6H10O3/c9-8(10)11-6-7-4-2-1-3-5-7;1-6(2)3-9-5(8)4(6)7/h1-5H,6H2,(H,9,10);4,7H,3H2,1-2H3/p-1. The lowest BCUT2D eigenvalue weighted by Crippen LogP contribution is -2.29. The molecule has 1 aliphatic rings. The van der Waals surface area contributed by atoms with E-state index in [1.165, 1.54) is 0 Å². The van der Waals surface area contributed by atoms with Crippen molar-refractivity contribution in [2.45, 2.75) is 26.6 Å². The number of carboxylic acid groups (broad SMARTS) is 1. The third kappa shape index (κ3) is 4.89. The van der Waals surface area contributed by atoms with E-state index < -0.39 is 23.6 Å². The summed E-state index contributed by atoms with van der Waals surface area (Å²) >= 11 is 0. The van der Waals surface area contributed by atoms with E-state index in [2.05, 4.69) is 9.47 Å². The lowest BCUT2D eigenvalue weighted by molar-refractivity contribution is -0.284. The SMILES string of the molecule is CC1(C)COC(=O)C1O.O=C([O-])OCc1ccccc1. The third-order valence-electron chi connectivity index (χ3n) is 2.75. The highest BCUT2D eigenvalue weighted by Crippen LogP contribution is 2.27. The van der Waals surface area contributed by atoms with Crippen LogP contribution in [0, 0.1) is 5.41 Å². The molecule has 2 rings (SSSR count). The van der Waals surface area contributed by atoms with E-state index in [0.29, 0.717) is 6.61 Å². The van der Waals surface area contributed by atoms with Crippen molar-refractivity contribution in [2.24, 2.45) is 5.41 Å². The van der Waals surface area contributed by atoms with E-state index in [9.17, 15) is 14.7 Å². The second-order valence-corrected chi connectivity index (χ2v) is 5.02. The van der Waals surface area contributed by atoms with E-state index in [-0.39, 0.29) is 6.61 Å². The van der Waals surface area contributed by atoms with Crippen LogP contribution in [0.3, 0.4) is 0 Å². The fourth-order valence-corrected chi connectivity index (χ4v) is 1.45. The average molecular weight is 281 g/mol. The number of aliphatic hydroxyl groups is 1. The number of carbonyl (C=O) groups excluding carboxylic acids is 2. The summed E-state index contributed by atoms with van der Waals surface area (Å²) in [6.45, 7) is 3.97. The van der Waals surface area contributed by atoms with Gasteiger partial charge >= 0.3 is 5.97 Å². The molecule has 20 heavy (non-hydrogen) atoms. The average Bonchev–Trinajstić information content (AvgIpc) is 2.65. The quantitative estimate of drug-likeness (QED) is 0.792. The Balaban J connectivity index is 0.000000204. The zero-order chi connectivity index (χ0) is 15.2. The highest BCUT2D eigenvalue weighted by Gasteiger charge is 2.41. The van der Waals surface area contributed by atoms with Gasteiger partial charge in [0.2, 0.25) is 0 Å². The van der Waals surface area contributed by atoms with Crippen molar-refractivity contribution in [3.05, 3.63) is 35.9 Å². The van der Waals surface area contributed by atoms with Crippen LogP contribution in [0.5, 0.6) is 0 Å². The summed E-state index contributed by atoms with van der Waals surface area (Å²) in [6, 6.07) is 9.04. The molecule has 0 aromatic heterocycles. The minimum atomic E-state index is -1.49. The molecule has 0 amide bonds. The van der Waals surface area contributed by atoms with Gasteiger partial charge in [0.05, 0.1) is 13.2 Å². The topological polar surface area (TPSA) is 95.9 Å². The summed E-state index contributed by atoms with van der Waals surface area (Å²) in [6.07, 6.45) is -2.42. The molecule has 1 aromatic rings. The molecule has 6 nitrogen and oxygen atoms in total. The van der Waals surface area contributed by atoms with Crippen LogP contribution in [0.15, 0.2) is 30.3 Å². The van der Waals surface area contributed by atoms with Gasteiger partial charge in [-0.15, -0.1) is 0 Å². The Morgan fingerprint density at radius 2 is 2.05 bits per heavy atom. The van der Waals surface area contributed by atoms with Crippen LogP contribution in [0.25, 0.3) is 0 Å². The molecule has 1 aliphatic heterocycles. The summed E-state index contributed by atoms with van der Waals surface area (Å²) in [7, 11) is 0. The number of aliphatic hydroxyl groups excluding tert-OH is 1. The summed E-state index contributed by atoms with van der Waals surface area (Å²) in [5.74, 6) is -0.500. The molecule has 1 aromatic carbocycles. The molecule has 0 saturated carbocycles. The molecule has 1 saturated heterocycles. The minimum absolute atomic E-state index is 0.0587. The first-order valence-corrected chi connectivity index (χ1v) is 6.05. The molecule has 0 aliphatic carbocycles. The predicted octanol–water partition coefficient (Wildman–Crippen LogP) is 0.477. The van der Waals surface area contributed by atoms with Crippen molar-refractivity contribution in [1.29, 1.82) is 0 Å². The lowest BCUT2D eigenvalue weighted by Gasteiger charge is -2.15. The molecule has 6 heteroatoms. The van der Waals surface area contributed by atoms with Crippen molar-refractivity contribution in [3.63, 3.8) is 0 Å². The van der Waals surface area contributed by atoms with Crippen LogP contribution in [-0.4, -0.2) is 29.9 Å². The van der Waals surface area contributed by atoms with E-state index in [1.807, 2.05) is 18.2 Å². The molecular formula is C14H17O6-. The van der Waals surface area contributed by atoms with Crippen molar-refractivity contribution >= 4 is 12.1 Å². The number of carbonyl (C=O) groups is 2. The maximum atomic E-state index is 10.5. The van der Waals surface area contributed by atoms with Crippen molar-refractivity contribution in [2.75, 3.05) is 6.61 Å². The Bertz CT molecular complexity index is 454. The van der Waals surface area contributed by atoms with Crippen LogP contribution in [0.2, 0.25) is 0 Å². The number of ether oxygens (including phenoxy) is 2. The second kappa shape index (κ2) is 6.91. The largest absolute Gasteiger partial charge is 0.545 e. The van der Waals surface area contributed by atoms with Gasteiger partial charge in [0.15, 0.2) is 6.10 Å². The van der Waals surface area contributed by atoms with Gasteiger partial charge in [0.1, 0.15) is 0 Å². The van der Waals surface area contributed by atoms with Gasteiger partial charge in [0, 0.05) is 5.41 Å². The van der Waals surface area contributed by atoms with Crippen molar-refractivity contribution < 1.29 is 29.3 Å². The monoisotopic (exact) mass is 281 g/mol. The molecular weight excluding hydrogens is 264 g/mol. The first-order chi connectivity index (χ1) is 9.33. The Labute approximate surface area is 116 Å². The third-order valence-corrected chi connectivity index (χ3v) is 2.75. The Kier molecular flexibility index (Phi) is 5.52. The molecule has 1 unspecified atom stereocenters. The van der Waals surface area contributed by atoms with E-state index in [1.54, 1.807) is 26.0 Å². The highest BCUT2D eigenvalue weighted by atomic mass is 16.7. The van der Waals surface area contributed by atoms with Gasteiger partial charge < -0.3 is 24.5 Å². The second-order valence-electron chi connectivity index (χ2n) is 5.02. The maximum absolute atomic E-state index is 10.5. The fourth-order valence-electron chi connectivity index (χ4n) is 1.45. The van der Waals surface area contributed by atoms with Gasteiger partial charge in [-0.05, 0) is 5.56 Å². The number of benzene rings is 1. The van der Waals surface area contributed by atoms with Crippen LogP contribution < -0.4 is 5.11 Å². The first kappa shape index (κ1) is 16.0. The zero-order valence-corrected chi connectivity index (χ0v) is 11.4. The molecule has 1 heterocycles. The lowest BCUT2D eigenvalue weighted by atomic mass is 9.90. The van der Waals surface area contributed by atoms with Crippen LogP contribution >= 0.6 is 0 Å². The van der Waals surface area contributed by atoms with Crippen molar-refractivity contribution in [1.82, 2.24) is 0 Å². The van der Waals surface area contributed by atoms with Gasteiger partial charge in [-0.2, -0.15) is 0 Å². The summed E-state index contributed by atoms with van der Waals surface area (Å²) in [4.78, 5) is 20.4. The fraction of sp³-hybridized carbons (Fsp3) is 0.429. The molecule has 110 valence electrons. The van der Waals surface area contributed by atoms with Crippen LogP contribution in [0.1, 0.15) is 19.4 Å². The number of rotatable bonds is 2. The molecule has 0 bridgehead atoms. The van der Waals surface area contributed by atoms with Crippen LogP contribution in [0.4, 0.5) is 4.79 Å². The highest BCUT2D eigenvalue weighted by molar-refractivity contribution is 5.77. The van der Waals surface area contributed by atoms with E-state index >= 15 is 0 Å². The first-order valence-electron chi connectivity index (χ1n) is 6.05. The Morgan fingerprint density at radius 1 is 1.45 bits per heavy atom. The predicted molar refractivity (Wildman–Crippen MR) is 67.4 cm³/mol. The number of cyclic esters (lactones) is 1. The van der Waals surface area contributed by atoms with E-state index in [4.69, 9.17) is 5.11 Å². The van der Waals surface area contributed by atoms with Crippen molar-refractivity contribution in [3.8, 4) is 0 Å². The minimum Gasteiger partial charge on any atom is -0.545 e. The summed E-state index contributed by atoms with van der Waals surface area (Å²) < 4.78 is 8.82. The maximum Gasteiger partial charge on any atom is 0.335 e. The summed E-state index contributed by atoms with van der Waals surface area (Å²) in [5.41, 5.74) is 0.425. The molecule has 0 radical (unpaired) electrons. The van der Waals surface area contributed by atoms with E-state index in [0.717, 1.165) is 5.56 Å². The van der Waals surface area contributed by atoms with Gasteiger partial charge in [-0.25, -0.2) is 4.79 Å². The molecule has 1 fully saturated rings. The van der Waals surface area contributed by atoms with Gasteiger partial charge in [0.25, 0.3) is 6.16 Å². The molecule has 1 N–H and O–H groups in total. The normalized spacial score (nSPS) is 19.6. The Hall–Kier alpha value is -2.08. The summed E-state index contributed by atoms with van der Waals surface area (Å²) in [5, 5.41) is 18.9. The van der Waals surface area contributed by atoms with Crippen LogP contribution in [-0.2, 0) is 20.9 Å². The van der Waals surface area contributed by atoms with Gasteiger partial charge in [-0.3, -0.25) is 0 Å². The number of hydrogen-bond donors (Lipinski definition) is 1. The Morgan fingerprint density at radius 3 is 2.40 bits per heavy atom. The zero-order valence-electron chi connectivity index (χ0n) is 11.4. The smallest absolute Gasteiger partial charge is 0.335 e. The number of hydrogen-bond acceptors (Lipinski definition) is 6. The molecule has 0 spiro atoms. The molecule has 1 atom stereocenters. The van der Waals surface area contributed by atoms with Gasteiger partial charge in [-0.1, -0.05) is 44.2 Å².